The SMILES string of the molecule is CCn1nc(C(=O)NNC(=O)c2ccc(=O)[nH]n2)c2ccccc2c1=O. The van der Waals surface area contributed by atoms with Crippen LogP contribution in [0.2, 0.25) is 0 Å². The van der Waals surface area contributed by atoms with Gasteiger partial charge in [0.25, 0.3) is 22.9 Å². The maximum absolute atomic E-state index is 12.4. The van der Waals surface area contributed by atoms with Gasteiger partial charge in [0.1, 0.15) is 0 Å². The van der Waals surface area contributed by atoms with E-state index in [1.54, 1.807) is 31.2 Å². The fourth-order valence-electron chi connectivity index (χ4n) is 2.32. The summed E-state index contributed by atoms with van der Waals surface area (Å²) in [7, 11) is 0. The van der Waals surface area contributed by atoms with Crippen molar-refractivity contribution in [1.82, 2.24) is 30.8 Å². The van der Waals surface area contributed by atoms with Gasteiger partial charge in [0.05, 0.1) is 5.39 Å². The molecular formula is C16H14N6O4. The highest BCUT2D eigenvalue weighted by molar-refractivity contribution is 6.05. The number of nitrogens with one attached hydrogen (secondary N) is 3. The Balaban J connectivity index is 1.87. The van der Waals surface area contributed by atoms with Crippen LogP contribution in [0.5, 0.6) is 0 Å². The molecule has 0 atom stereocenters. The van der Waals surface area contributed by atoms with Crippen LogP contribution in [0.25, 0.3) is 10.8 Å². The van der Waals surface area contributed by atoms with Gasteiger partial charge >= 0.3 is 0 Å². The van der Waals surface area contributed by atoms with Crippen LogP contribution in [0, 0.1) is 0 Å². The molecule has 0 spiro atoms. The molecule has 3 aromatic rings. The predicted molar refractivity (Wildman–Crippen MR) is 91.5 cm³/mol. The van der Waals surface area contributed by atoms with Crippen molar-refractivity contribution in [3.8, 4) is 0 Å². The molecule has 0 saturated heterocycles. The van der Waals surface area contributed by atoms with Gasteiger partial charge in [-0.2, -0.15) is 10.2 Å². The number of H-pyrrole nitrogens is 1. The molecule has 26 heavy (non-hydrogen) atoms. The summed E-state index contributed by atoms with van der Waals surface area (Å²) in [6.07, 6.45) is 0. The normalized spacial score (nSPS) is 10.5. The van der Waals surface area contributed by atoms with E-state index in [-0.39, 0.29) is 23.5 Å². The first-order valence-electron chi connectivity index (χ1n) is 7.67. The Labute approximate surface area is 145 Å². The molecule has 2 heterocycles. The van der Waals surface area contributed by atoms with Gasteiger partial charge in [-0.05, 0) is 19.1 Å². The lowest BCUT2D eigenvalue weighted by Gasteiger charge is -2.10. The molecule has 0 saturated carbocycles. The van der Waals surface area contributed by atoms with Crippen molar-refractivity contribution < 1.29 is 9.59 Å². The third-order valence-electron chi connectivity index (χ3n) is 3.58. The zero-order valence-electron chi connectivity index (χ0n) is 13.6. The van der Waals surface area contributed by atoms with Gasteiger partial charge in [0.15, 0.2) is 11.4 Å². The minimum atomic E-state index is -0.720. The summed E-state index contributed by atoms with van der Waals surface area (Å²) >= 11 is 0. The van der Waals surface area contributed by atoms with E-state index in [0.717, 1.165) is 6.07 Å². The van der Waals surface area contributed by atoms with Crippen LogP contribution in [-0.4, -0.2) is 31.8 Å². The molecule has 0 bridgehead atoms. The standard InChI is InChI=1S/C16H14N6O4/c1-2-22-16(26)10-6-4-3-5-9(10)13(21-22)15(25)20-19-14(24)11-7-8-12(23)18-17-11/h3-8H,2H2,1H3,(H,18,23)(H,19,24)(H,20,25). The van der Waals surface area contributed by atoms with Crippen molar-refractivity contribution in [2.75, 3.05) is 0 Å². The molecule has 0 fully saturated rings. The molecule has 2 aromatic heterocycles. The summed E-state index contributed by atoms with van der Waals surface area (Å²) in [6, 6.07) is 8.92. The van der Waals surface area contributed by atoms with Gasteiger partial charge < -0.3 is 0 Å². The van der Waals surface area contributed by atoms with Crippen LogP contribution < -0.4 is 22.0 Å². The summed E-state index contributed by atoms with van der Waals surface area (Å²) in [4.78, 5) is 47.6. The summed E-state index contributed by atoms with van der Waals surface area (Å²) in [5.41, 5.74) is 3.56. The smallest absolute Gasteiger partial charge is 0.268 e. The molecule has 0 unspecified atom stereocenters. The van der Waals surface area contributed by atoms with Crippen LogP contribution in [0.15, 0.2) is 46.0 Å². The molecule has 0 aliphatic carbocycles. The highest BCUT2D eigenvalue weighted by Crippen LogP contribution is 2.12. The lowest BCUT2D eigenvalue weighted by molar-refractivity contribution is 0.0840. The number of rotatable bonds is 3. The van der Waals surface area contributed by atoms with Crippen molar-refractivity contribution in [2.24, 2.45) is 0 Å². The monoisotopic (exact) mass is 354 g/mol. The zero-order valence-corrected chi connectivity index (χ0v) is 13.6. The van der Waals surface area contributed by atoms with Crippen molar-refractivity contribution in [2.45, 2.75) is 13.5 Å². The molecule has 132 valence electrons. The average molecular weight is 354 g/mol. The molecule has 3 rings (SSSR count). The van der Waals surface area contributed by atoms with Crippen LogP contribution in [-0.2, 0) is 6.54 Å². The quantitative estimate of drug-likeness (QED) is 0.546. The van der Waals surface area contributed by atoms with Gasteiger partial charge in [-0.15, -0.1) is 0 Å². The number of carbonyl (C=O) groups is 2. The molecular weight excluding hydrogens is 340 g/mol. The van der Waals surface area contributed by atoms with Crippen molar-refractivity contribution >= 4 is 22.6 Å². The molecule has 10 heteroatoms. The number of aromatic amines is 1. The Kier molecular flexibility index (Phi) is 4.56. The highest BCUT2D eigenvalue weighted by Gasteiger charge is 2.17. The number of hydrazine groups is 1. The second kappa shape index (κ2) is 6.97. The average Bonchev–Trinajstić information content (AvgIpc) is 2.67. The highest BCUT2D eigenvalue weighted by atomic mass is 16.2. The first-order valence-corrected chi connectivity index (χ1v) is 7.67. The summed E-state index contributed by atoms with van der Waals surface area (Å²) in [5.74, 6) is -1.41. The molecule has 0 aliphatic rings. The van der Waals surface area contributed by atoms with E-state index in [1.807, 2.05) is 0 Å². The van der Waals surface area contributed by atoms with Gasteiger partial charge in [-0.3, -0.25) is 30.0 Å². The molecule has 0 radical (unpaired) electrons. The summed E-state index contributed by atoms with van der Waals surface area (Å²) in [5, 5.41) is 10.5. The zero-order chi connectivity index (χ0) is 18.7. The Morgan fingerprint density at radius 1 is 1.04 bits per heavy atom. The first kappa shape index (κ1) is 17.0. The second-order valence-electron chi connectivity index (χ2n) is 5.23. The van der Waals surface area contributed by atoms with E-state index in [1.165, 1.54) is 10.7 Å². The number of carbonyl (C=O) groups excluding carboxylic acids is 2. The molecule has 3 N–H and O–H groups in total. The van der Waals surface area contributed by atoms with E-state index >= 15 is 0 Å². The Morgan fingerprint density at radius 2 is 1.73 bits per heavy atom. The van der Waals surface area contributed by atoms with Gasteiger partial charge in [-0.1, -0.05) is 18.2 Å². The van der Waals surface area contributed by atoms with Crippen LogP contribution in [0.1, 0.15) is 27.9 Å². The van der Waals surface area contributed by atoms with Crippen LogP contribution in [0.4, 0.5) is 0 Å². The lowest BCUT2D eigenvalue weighted by atomic mass is 10.1. The fourth-order valence-corrected chi connectivity index (χ4v) is 2.32. The van der Waals surface area contributed by atoms with E-state index in [2.05, 4.69) is 26.1 Å². The fraction of sp³-hybridized carbons (Fsp3) is 0.125. The number of benzene rings is 1. The van der Waals surface area contributed by atoms with E-state index in [0.29, 0.717) is 10.8 Å². The van der Waals surface area contributed by atoms with E-state index < -0.39 is 17.4 Å². The third-order valence-corrected chi connectivity index (χ3v) is 3.58. The molecule has 0 aliphatic heterocycles. The molecule has 2 amide bonds. The summed E-state index contributed by atoms with van der Waals surface area (Å²) < 4.78 is 1.17. The number of nitrogens with zero attached hydrogens (tertiary/aromatic N) is 3. The topological polar surface area (TPSA) is 139 Å². The van der Waals surface area contributed by atoms with Crippen molar-refractivity contribution in [3.05, 3.63) is 68.5 Å². The number of fused-ring (bicyclic) bond motifs is 1. The summed E-state index contributed by atoms with van der Waals surface area (Å²) in [6.45, 7) is 2.02. The number of hydrogen-bond acceptors (Lipinski definition) is 6. The number of amides is 2. The third kappa shape index (κ3) is 3.20. The maximum Gasteiger partial charge on any atom is 0.290 e. The molecule has 10 nitrogen and oxygen atoms in total. The minimum absolute atomic E-state index is 0.00298. The van der Waals surface area contributed by atoms with Crippen LogP contribution in [0.3, 0.4) is 0 Å². The molecule has 1 aromatic carbocycles. The van der Waals surface area contributed by atoms with Gasteiger partial charge in [0, 0.05) is 18.0 Å². The van der Waals surface area contributed by atoms with Crippen molar-refractivity contribution in [1.29, 1.82) is 0 Å². The van der Waals surface area contributed by atoms with E-state index in [9.17, 15) is 19.2 Å². The lowest BCUT2D eigenvalue weighted by Crippen LogP contribution is -2.43. The van der Waals surface area contributed by atoms with Crippen LogP contribution >= 0.6 is 0 Å². The largest absolute Gasteiger partial charge is 0.290 e. The Morgan fingerprint density at radius 3 is 2.38 bits per heavy atom. The Bertz CT molecular complexity index is 1100. The predicted octanol–water partition coefficient (Wildman–Crippen LogP) is -0.425. The Hall–Kier alpha value is -3.82. The minimum Gasteiger partial charge on any atom is -0.268 e. The second-order valence-corrected chi connectivity index (χ2v) is 5.23. The number of hydrogen-bond donors (Lipinski definition) is 3. The van der Waals surface area contributed by atoms with E-state index in [4.69, 9.17) is 0 Å². The number of aryl methyl sites for hydroxylation is 1. The van der Waals surface area contributed by atoms with Gasteiger partial charge in [-0.25, -0.2) is 9.78 Å². The maximum atomic E-state index is 12.4. The van der Waals surface area contributed by atoms with Crippen molar-refractivity contribution in [3.63, 3.8) is 0 Å². The van der Waals surface area contributed by atoms with Gasteiger partial charge in [0.2, 0.25) is 0 Å². The first-order chi connectivity index (χ1) is 12.5. The number of aromatic nitrogens is 4.